The Morgan fingerprint density at radius 3 is 3.00 bits per heavy atom. The number of hydrogen-bond acceptors (Lipinski definition) is 3. The van der Waals surface area contributed by atoms with Crippen LogP contribution in [0.4, 0.5) is 0 Å². The van der Waals surface area contributed by atoms with Gasteiger partial charge in [-0.1, -0.05) is 13.3 Å². The van der Waals surface area contributed by atoms with Gasteiger partial charge in [-0.15, -0.1) is 0 Å². The first-order valence-corrected chi connectivity index (χ1v) is 6.95. The topological polar surface area (TPSA) is 45.9 Å². The van der Waals surface area contributed by atoms with Gasteiger partial charge in [0.15, 0.2) is 0 Å². The van der Waals surface area contributed by atoms with Crippen LogP contribution >= 0.6 is 22.6 Å². The number of ether oxygens (including phenoxy) is 1. The van der Waals surface area contributed by atoms with Crippen LogP contribution in [0.25, 0.3) is 10.9 Å². The van der Waals surface area contributed by atoms with Gasteiger partial charge < -0.3 is 4.74 Å². The lowest BCUT2D eigenvalue weighted by Gasteiger charge is -2.10. The molecule has 0 unspecified atom stereocenters. The van der Waals surface area contributed by atoms with E-state index in [9.17, 15) is 0 Å². The predicted octanol–water partition coefficient (Wildman–Crippen LogP) is 3.89. The molecule has 0 saturated heterocycles. The smallest absolute Gasteiger partial charge is 0.148 e. The minimum absolute atomic E-state index is 0.501. The number of benzene rings is 1. The molecule has 0 fully saturated rings. The van der Waals surface area contributed by atoms with Crippen molar-refractivity contribution in [2.75, 3.05) is 6.61 Å². The second-order valence-corrected chi connectivity index (χ2v) is 5.22. The van der Waals surface area contributed by atoms with Gasteiger partial charge in [0.2, 0.25) is 0 Å². The molecule has 0 saturated carbocycles. The average Bonchev–Trinajstić information content (AvgIpc) is 2.39. The molecule has 0 bridgehead atoms. The Balaban J connectivity index is 2.50. The predicted molar refractivity (Wildman–Crippen MR) is 79.6 cm³/mol. The van der Waals surface area contributed by atoms with Crippen LogP contribution in [-0.4, -0.2) is 11.6 Å². The first-order chi connectivity index (χ1) is 8.76. The Hall–Kier alpha value is -1.35. The van der Waals surface area contributed by atoms with E-state index in [0.717, 1.165) is 27.3 Å². The standard InChI is InChI=1S/C14H13IN2O/c1-2-3-6-18-14-10(8-16)9-17-13-5-4-11(15)7-12(13)14/h4-5,7,9H,2-3,6H2,1H3. The average molecular weight is 352 g/mol. The molecule has 0 N–H and O–H groups in total. The molecule has 0 radical (unpaired) electrons. The van der Waals surface area contributed by atoms with Crippen molar-refractivity contribution in [3.8, 4) is 11.8 Å². The summed E-state index contributed by atoms with van der Waals surface area (Å²) < 4.78 is 6.88. The second kappa shape index (κ2) is 6.01. The lowest BCUT2D eigenvalue weighted by Crippen LogP contribution is -2.00. The summed E-state index contributed by atoms with van der Waals surface area (Å²) in [5.74, 6) is 0.662. The van der Waals surface area contributed by atoms with Gasteiger partial charge in [-0.3, -0.25) is 4.98 Å². The summed E-state index contributed by atoms with van der Waals surface area (Å²) >= 11 is 2.25. The van der Waals surface area contributed by atoms with E-state index in [1.165, 1.54) is 0 Å². The zero-order valence-corrected chi connectivity index (χ0v) is 12.3. The highest BCUT2D eigenvalue weighted by atomic mass is 127. The Morgan fingerprint density at radius 2 is 2.28 bits per heavy atom. The van der Waals surface area contributed by atoms with E-state index in [1.807, 2.05) is 18.2 Å². The van der Waals surface area contributed by atoms with Crippen LogP contribution in [0.1, 0.15) is 25.3 Å². The molecular formula is C14H13IN2O. The van der Waals surface area contributed by atoms with E-state index in [-0.39, 0.29) is 0 Å². The third kappa shape index (κ3) is 2.72. The summed E-state index contributed by atoms with van der Waals surface area (Å²) in [5, 5.41) is 10.0. The van der Waals surface area contributed by atoms with Crippen molar-refractivity contribution in [2.45, 2.75) is 19.8 Å². The maximum Gasteiger partial charge on any atom is 0.148 e. The fraction of sp³-hybridized carbons (Fsp3) is 0.286. The molecule has 1 aromatic carbocycles. The molecule has 1 aromatic heterocycles. The number of aromatic nitrogens is 1. The van der Waals surface area contributed by atoms with E-state index in [2.05, 4.69) is 40.6 Å². The molecule has 92 valence electrons. The van der Waals surface area contributed by atoms with Gasteiger partial charge in [-0.2, -0.15) is 5.26 Å². The van der Waals surface area contributed by atoms with E-state index >= 15 is 0 Å². The molecule has 0 aliphatic heterocycles. The highest BCUT2D eigenvalue weighted by Crippen LogP contribution is 2.29. The molecule has 4 heteroatoms. The Bertz CT molecular complexity index is 605. The first-order valence-electron chi connectivity index (χ1n) is 5.87. The summed E-state index contributed by atoms with van der Waals surface area (Å²) in [6, 6.07) is 8.10. The number of nitrogens with zero attached hydrogens (tertiary/aromatic N) is 2. The fourth-order valence-corrected chi connectivity index (χ4v) is 2.19. The van der Waals surface area contributed by atoms with Crippen molar-refractivity contribution in [1.82, 2.24) is 4.98 Å². The molecule has 0 amide bonds. The van der Waals surface area contributed by atoms with Crippen molar-refractivity contribution in [3.05, 3.63) is 33.5 Å². The van der Waals surface area contributed by atoms with Crippen LogP contribution in [0.5, 0.6) is 5.75 Å². The van der Waals surface area contributed by atoms with Gasteiger partial charge in [-0.05, 0) is 47.2 Å². The van der Waals surface area contributed by atoms with Crippen LogP contribution in [0.2, 0.25) is 0 Å². The monoisotopic (exact) mass is 352 g/mol. The van der Waals surface area contributed by atoms with Crippen molar-refractivity contribution < 1.29 is 4.74 Å². The Kier molecular flexibility index (Phi) is 4.37. The van der Waals surface area contributed by atoms with E-state index in [4.69, 9.17) is 10.00 Å². The lowest BCUT2D eigenvalue weighted by molar-refractivity contribution is 0.312. The maximum absolute atomic E-state index is 9.13. The van der Waals surface area contributed by atoms with Gasteiger partial charge in [0.1, 0.15) is 17.4 Å². The summed E-state index contributed by atoms with van der Waals surface area (Å²) in [6.07, 6.45) is 3.64. The van der Waals surface area contributed by atoms with Crippen LogP contribution < -0.4 is 4.74 Å². The van der Waals surface area contributed by atoms with Gasteiger partial charge in [0.05, 0.1) is 12.1 Å². The van der Waals surface area contributed by atoms with E-state index < -0.39 is 0 Å². The van der Waals surface area contributed by atoms with Gasteiger partial charge >= 0.3 is 0 Å². The molecule has 1 heterocycles. The summed E-state index contributed by atoms with van der Waals surface area (Å²) in [5.41, 5.74) is 1.36. The zero-order chi connectivity index (χ0) is 13.0. The molecule has 0 atom stereocenters. The number of halogens is 1. The maximum atomic E-state index is 9.13. The van der Waals surface area contributed by atoms with E-state index in [1.54, 1.807) is 6.20 Å². The zero-order valence-electron chi connectivity index (χ0n) is 10.1. The van der Waals surface area contributed by atoms with Crippen LogP contribution in [-0.2, 0) is 0 Å². The number of hydrogen-bond donors (Lipinski definition) is 0. The molecule has 0 aliphatic carbocycles. The minimum Gasteiger partial charge on any atom is -0.491 e. The second-order valence-electron chi connectivity index (χ2n) is 3.98. The normalized spacial score (nSPS) is 10.3. The number of fused-ring (bicyclic) bond motifs is 1. The molecule has 18 heavy (non-hydrogen) atoms. The van der Waals surface area contributed by atoms with Crippen molar-refractivity contribution >= 4 is 33.5 Å². The summed E-state index contributed by atoms with van der Waals surface area (Å²) in [6.45, 7) is 2.75. The molecular weight excluding hydrogens is 339 g/mol. The van der Waals surface area contributed by atoms with Gasteiger partial charge in [-0.25, -0.2) is 0 Å². The number of unbranched alkanes of at least 4 members (excludes halogenated alkanes) is 1. The van der Waals surface area contributed by atoms with Crippen LogP contribution in [0, 0.1) is 14.9 Å². The van der Waals surface area contributed by atoms with Gasteiger partial charge in [0.25, 0.3) is 0 Å². The third-order valence-corrected chi connectivity index (χ3v) is 3.32. The summed E-state index contributed by atoms with van der Waals surface area (Å²) in [7, 11) is 0. The van der Waals surface area contributed by atoms with Crippen molar-refractivity contribution in [3.63, 3.8) is 0 Å². The first kappa shape index (κ1) is 13.1. The van der Waals surface area contributed by atoms with Crippen LogP contribution in [0.3, 0.4) is 0 Å². The molecule has 0 spiro atoms. The molecule has 0 aliphatic rings. The largest absolute Gasteiger partial charge is 0.491 e. The molecule has 3 nitrogen and oxygen atoms in total. The number of rotatable bonds is 4. The molecule has 2 rings (SSSR count). The minimum atomic E-state index is 0.501. The summed E-state index contributed by atoms with van der Waals surface area (Å²) in [4.78, 5) is 4.28. The SMILES string of the molecule is CCCCOc1c(C#N)cnc2ccc(I)cc12. The quantitative estimate of drug-likeness (QED) is 0.620. The lowest BCUT2D eigenvalue weighted by atomic mass is 10.1. The number of nitriles is 1. The van der Waals surface area contributed by atoms with Crippen LogP contribution in [0.15, 0.2) is 24.4 Å². The van der Waals surface area contributed by atoms with Crippen molar-refractivity contribution in [1.29, 1.82) is 5.26 Å². The Labute approximate surface area is 120 Å². The Morgan fingerprint density at radius 1 is 1.44 bits per heavy atom. The highest BCUT2D eigenvalue weighted by Gasteiger charge is 2.10. The number of pyridine rings is 1. The fourth-order valence-electron chi connectivity index (χ4n) is 1.69. The van der Waals surface area contributed by atoms with E-state index in [0.29, 0.717) is 17.9 Å². The van der Waals surface area contributed by atoms with Gasteiger partial charge in [0, 0.05) is 15.2 Å². The highest BCUT2D eigenvalue weighted by molar-refractivity contribution is 14.1. The molecule has 2 aromatic rings. The third-order valence-electron chi connectivity index (χ3n) is 2.65. The van der Waals surface area contributed by atoms with Crippen molar-refractivity contribution in [2.24, 2.45) is 0 Å².